The van der Waals surface area contributed by atoms with Gasteiger partial charge in [0.05, 0.1) is 5.75 Å². The van der Waals surface area contributed by atoms with E-state index >= 15 is 0 Å². The minimum Gasteiger partial charge on any atom is -0.326 e. The summed E-state index contributed by atoms with van der Waals surface area (Å²) in [6.07, 6.45) is 0. The van der Waals surface area contributed by atoms with Crippen LogP contribution in [0, 0.1) is 5.82 Å². The van der Waals surface area contributed by atoms with Crippen LogP contribution in [0.3, 0.4) is 0 Å². The smallest absolute Gasteiger partial charge is 0.234 e. The molecule has 31 heavy (non-hydrogen) atoms. The van der Waals surface area contributed by atoms with Crippen molar-refractivity contribution in [1.29, 1.82) is 0 Å². The van der Waals surface area contributed by atoms with Gasteiger partial charge >= 0.3 is 0 Å². The molecule has 10 heteroatoms. The van der Waals surface area contributed by atoms with Crippen molar-refractivity contribution in [2.45, 2.75) is 11.9 Å². The lowest BCUT2D eigenvalue weighted by molar-refractivity contribution is -0.114. The van der Waals surface area contributed by atoms with E-state index in [-0.39, 0.29) is 23.4 Å². The molecular formula is C21H17FN6O2S. The van der Waals surface area contributed by atoms with E-state index in [4.69, 9.17) is 0 Å². The highest BCUT2D eigenvalue weighted by Crippen LogP contribution is 2.21. The second kappa shape index (κ2) is 8.92. The Morgan fingerprint density at radius 3 is 2.29 bits per heavy atom. The average Bonchev–Trinajstić information content (AvgIpc) is 3.17. The van der Waals surface area contributed by atoms with Gasteiger partial charge in [0.25, 0.3) is 0 Å². The van der Waals surface area contributed by atoms with Crippen molar-refractivity contribution < 1.29 is 14.0 Å². The number of anilines is 2. The molecule has 0 bridgehead atoms. The lowest BCUT2D eigenvalue weighted by atomic mass is 10.2. The summed E-state index contributed by atoms with van der Waals surface area (Å²) in [5, 5.41) is 18.8. The Balaban J connectivity index is 1.41. The van der Waals surface area contributed by atoms with Crippen LogP contribution in [-0.4, -0.2) is 37.4 Å². The number of halogens is 1. The fraction of sp³-hybridized carbons (Fsp3) is 0.0952. The lowest BCUT2D eigenvalue weighted by Crippen LogP contribution is -2.14. The van der Waals surface area contributed by atoms with Gasteiger partial charge in [-0.2, -0.15) is 9.61 Å². The minimum atomic E-state index is -0.336. The highest BCUT2D eigenvalue weighted by Gasteiger charge is 2.11. The van der Waals surface area contributed by atoms with E-state index in [1.54, 1.807) is 53.0 Å². The van der Waals surface area contributed by atoms with E-state index in [1.165, 1.54) is 30.8 Å². The molecule has 2 amide bonds. The topological polar surface area (TPSA) is 101 Å². The quantitative estimate of drug-likeness (QED) is 0.448. The molecule has 0 aliphatic heterocycles. The second-order valence-electron chi connectivity index (χ2n) is 6.57. The number of nitrogens with zero attached hydrogens (tertiary/aromatic N) is 4. The van der Waals surface area contributed by atoms with Gasteiger partial charge in [0.2, 0.25) is 11.8 Å². The summed E-state index contributed by atoms with van der Waals surface area (Å²) in [4.78, 5) is 23.3. The van der Waals surface area contributed by atoms with Crippen LogP contribution in [0.2, 0.25) is 0 Å². The van der Waals surface area contributed by atoms with Gasteiger partial charge in [-0.1, -0.05) is 11.8 Å². The number of aromatic nitrogens is 4. The van der Waals surface area contributed by atoms with Crippen molar-refractivity contribution in [3.63, 3.8) is 0 Å². The Bertz CT molecular complexity index is 1240. The average molecular weight is 436 g/mol. The molecule has 0 aliphatic rings. The third-order valence-corrected chi connectivity index (χ3v) is 5.10. The summed E-state index contributed by atoms with van der Waals surface area (Å²) in [5.74, 6) is -0.0475. The molecule has 0 radical (unpaired) electrons. The Morgan fingerprint density at radius 1 is 0.935 bits per heavy atom. The van der Waals surface area contributed by atoms with Gasteiger partial charge in [-0.05, 0) is 60.7 Å². The molecule has 4 rings (SSSR count). The number of rotatable bonds is 6. The number of hydrogen-bond acceptors (Lipinski definition) is 6. The number of carbonyl (C=O) groups is 2. The first-order valence-electron chi connectivity index (χ1n) is 9.27. The SMILES string of the molecule is CC(=O)Nc1ccc(NC(=O)CSc2ccc3nnc(-c4ccc(F)cc4)n3n2)cc1. The number of nitrogens with one attached hydrogen (secondary N) is 2. The third-order valence-electron chi connectivity index (χ3n) is 4.18. The predicted molar refractivity (Wildman–Crippen MR) is 116 cm³/mol. The Morgan fingerprint density at radius 2 is 1.61 bits per heavy atom. The molecule has 4 aromatic rings. The molecule has 0 saturated carbocycles. The van der Waals surface area contributed by atoms with Crippen LogP contribution in [0.4, 0.5) is 15.8 Å². The van der Waals surface area contributed by atoms with E-state index in [9.17, 15) is 14.0 Å². The van der Waals surface area contributed by atoms with Crippen LogP contribution < -0.4 is 10.6 Å². The molecule has 2 heterocycles. The number of hydrogen-bond donors (Lipinski definition) is 2. The zero-order valence-electron chi connectivity index (χ0n) is 16.4. The number of thioether (sulfide) groups is 1. The van der Waals surface area contributed by atoms with Gasteiger partial charge in [0.15, 0.2) is 11.5 Å². The first kappa shape index (κ1) is 20.5. The van der Waals surface area contributed by atoms with Crippen molar-refractivity contribution in [3.05, 3.63) is 66.5 Å². The standard InChI is InChI=1S/C21H17FN6O2S/c1-13(29)23-16-6-8-17(9-7-16)24-19(30)12-31-20-11-10-18-25-26-21(28(18)27-20)14-2-4-15(22)5-3-14/h2-11H,12H2,1H3,(H,23,29)(H,24,30). The van der Waals surface area contributed by atoms with Crippen LogP contribution in [0.15, 0.2) is 65.7 Å². The molecule has 0 saturated heterocycles. The Kier molecular flexibility index (Phi) is 5.89. The van der Waals surface area contributed by atoms with Crippen LogP contribution in [0.25, 0.3) is 17.0 Å². The molecule has 2 N–H and O–H groups in total. The lowest BCUT2D eigenvalue weighted by Gasteiger charge is -2.07. The first-order valence-corrected chi connectivity index (χ1v) is 10.3. The molecule has 0 spiro atoms. The summed E-state index contributed by atoms with van der Waals surface area (Å²) in [7, 11) is 0. The van der Waals surface area contributed by atoms with Crippen molar-refractivity contribution in [1.82, 2.24) is 19.8 Å². The molecule has 8 nitrogen and oxygen atoms in total. The molecule has 0 fully saturated rings. The van der Waals surface area contributed by atoms with Crippen molar-refractivity contribution in [3.8, 4) is 11.4 Å². The molecule has 0 atom stereocenters. The normalized spacial score (nSPS) is 10.8. The fourth-order valence-corrected chi connectivity index (χ4v) is 3.46. The number of fused-ring (bicyclic) bond motifs is 1. The van der Waals surface area contributed by atoms with Gasteiger partial charge < -0.3 is 10.6 Å². The Labute approximate surface area is 180 Å². The zero-order valence-corrected chi connectivity index (χ0v) is 17.2. The number of benzene rings is 2. The molecule has 0 aliphatic carbocycles. The maximum absolute atomic E-state index is 13.2. The minimum absolute atomic E-state index is 0.153. The van der Waals surface area contributed by atoms with Crippen molar-refractivity contribution >= 4 is 40.6 Å². The van der Waals surface area contributed by atoms with E-state index in [0.717, 1.165) is 0 Å². The summed E-state index contributed by atoms with van der Waals surface area (Å²) < 4.78 is 14.8. The van der Waals surface area contributed by atoms with Gasteiger partial charge in [-0.25, -0.2) is 4.39 Å². The number of amides is 2. The van der Waals surface area contributed by atoms with Crippen LogP contribution >= 0.6 is 11.8 Å². The number of carbonyl (C=O) groups excluding carboxylic acids is 2. The van der Waals surface area contributed by atoms with Crippen molar-refractivity contribution in [2.24, 2.45) is 0 Å². The summed E-state index contributed by atoms with van der Waals surface area (Å²) in [6, 6.07) is 16.3. The summed E-state index contributed by atoms with van der Waals surface area (Å²) >= 11 is 1.27. The van der Waals surface area contributed by atoms with Gasteiger partial charge in [-0.15, -0.1) is 10.2 Å². The molecule has 2 aromatic carbocycles. The molecular weight excluding hydrogens is 419 g/mol. The van der Waals surface area contributed by atoms with Gasteiger partial charge in [0, 0.05) is 23.9 Å². The molecule has 156 valence electrons. The van der Waals surface area contributed by atoms with E-state index in [1.807, 2.05) is 0 Å². The third kappa shape index (κ3) is 5.04. The summed E-state index contributed by atoms with van der Waals surface area (Å²) in [5.41, 5.74) is 2.51. The fourth-order valence-electron chi connectivity index (χ4n) is 2.80. The maximum Gasteiger partial charge on any atom is 0.234 e. The van der Waals surface area contributed by atoms with Gasteiger partial charge in [0.1, 0.15) is 10.8 Å². The second-order valence-corrected chi connectivity index (χ2v) is 7.56. The van der Waals surface area contributed by atoms with E-state index in [2.05, 4.69) is 25.9 Å². The highest BCUT2D eigenvalue weighted by molar-refractivity contribution is 7.99. The zero-order chi connectivity index (χ0) is 21.8. The van der Waals surface area contributed by atoms with Gasteiger partial charge in [-0.3, -0.25) is 9.59 Å². The van der Waals surface area contributed by atoms with Crippen LogP contribution in [-0.2, 0) is 9.59 Å². The van der Waals surface area contributed by atoms with E-state index < -0.39 is 0 Å². The summed E-state index contributed by atoms with van der Waals surface area (Å²) in [6.45, 7) is 1.43. The largest absolute Gasteiger partial charge is 0.326 e. The van der Waals surface area contributed by atoms with Crippen molar-refractivity contribution in [2.75, 3.05) is 16.4 Å². The maximum atomic E-state index is 13.2. The molecule has 0 unspecified atom stereocenters. The van der Waals surface area contributed by atoms with Crippen LogP contribution in [0.5, 0.6) is 0 Å². The molecule has 2 aromatic heterocycles. The first-order chi connectivity index (χ1) is 15.0. The monoisotopic (exact) mass is 436 g/mol. The Hall–Kier alpha value is -3.79. The predicted octanol–water partition coefficient (Wildman–Crippen LogP) is 3.62. The van der Waals surface area contributed by atoms with E-state index in [0.29, 0.717) is 33.4 Å². The van der Waals surface area contributed by atoms with Crippen LogP contribution in [0.1, 0.15) is 6.92 Å². The highest BCUT2D eigenvalue weighted by atomic mass is 32.2.